The second-order valence-corrected chi connectivity index (χ2v) is 9.65. The molecule has 3 aromatic rings. The van der Waals surface area contributed by atoms with E-state index >= 15 is 0 Å². The van der Waals surface area contributed by atoms with Crippen molar-refractivity contribution in [3.8, 4) is 11.8 Å². The van der Waals surface area contributed by atoms with E-state index in [4.69, 9.17) is 4.74 Å². The average molecular weight is 537 g/mol. The molecule has 4 rings (SSSR count). The van der Waals surface area contributed by atoms with Gasteiger partial charge in [-0.2, -0.15) is 10.4 Å². The number of hydrogen-bond acceptors (Lipinski definition) is 6. The maximum atomic E-state index is 12.4. The summed E-state index contributed by atoms with van der Waals surface area (Å²) >= 11 is 4.77. The lowest BCUT2D eigenvalue weighted by atomic mass is 9.96. The minimum Gasteiger partial charge on any atom is -0.488 e. The fourth-order valence-electron chi connectivity index (χ4n) is 3.60. The van der Waals surface area contributed by atoms with E-state index in [2.05, 4.69) is 37.8 Å². The van der Waals surface area contributed by atoms with E-state index in [9.17, 15) is 14.9 Å². The molecule has 2 N–H and O–H groups in total. The first-order chi connectivity index (χ1) is 16.5. The van der Waals surface area contributed by atoms with Gasteiger partial charge in [0.05, 0.1) is 11.8 Å². The zero-order valence-corrected chi connectivity index (χ0v) is 20.5. The summed E-state index contributed by atoms with van der Waals surface area (Å²) in [5.41, 5.74) is 5.35. The summed E-state index contributed by atoms with van der Waals surface area (Å²) in [7, 11) is 0. The molecule has 2 amide bonds. The Balaban J connectivity index is 1.36. The van der Waals surface area contributed by atoms with Crippen LogP contribution in [0.25, 0.3) is 0 Å². The smallest absolute Gasteiger partial charge is 0.329 e. The van der Waals surface area contributed by atoms with Crippen molar-refractivity contribution in [3.63, 3.8) is 0 Å². The Bertz CT molecular complexity index is 1280. The van der Waals surface area contributed by atoms with Crippen molar-refractivity contribution in [1.29, 1.82) is 5.26 Å². The van der Waals surface area contributed by atoms with Crippen molar-refractivity contribution in [3.05, 3.63) is 80.1 Å². The van der Waals surface area contributed by atoms with E-state index in [-0.39, 0.29) is 0 Å². The fourth-order valence-corrected chi connectivity index (χ4v) is 5.10. The van der Waals surface area contributed by atoms with Crippen LogP contribution in [-0.2, 0) is 29.0 Å². The highest BCUT2D eigenvalue weighted by Crippen LogP contribution is 2.37. The van der Waals surface area contributed by atoms with Crippen LogP contribution in [0.1, 0.15) is 40.0 Å². The number of aryl methyl sites for hydroxylation is 1. The fraction of sp³-hybridized carbons (Fsp3) is 0.200. The molecule has 34 heavy (non-hydrogen) atoms. The van der Waals surface area contributed by atoms with Crippen LogP contribution >= 0.6 is 27.3 Å². The Morgan fingerprint density at radius 3 is 2.68 bits per heavy atom. The summed E-state index contributed by atoms with van der Waals surface area (Å²) < 4.78 is 6.88. The molecular weight excluding hydrogens is 516 g/mol. The maximum absolute atomic E-state index is 12.4. The van der Waals surface area contributed by atoms with E-state index < -0.39 is 11.8 Å². The predicted molar refractivity (Wildman–Crippen MR) is 135 cm³/mol. The number of anilines is 1. The average Bonchev–Trinajstić information content (AvgIpc) is 3.21. The van der Waals surface area contributed by atoms with Crippen molar-refractivity contribution in [2.24, 2.45) is 5.10 Å². The molecule has 0 aliphatic heterocycles. The molecule has 7 nitrogen and oxygen atoms in total. The van der Waals surface area contributed by atoms with E-state index in [1.54, 1.807) is 12.1 Å². The van der Waals surface area contributed by atoms with Gasteiger partial charge in [-0.1, -0.05) is 40.2 Å². The number of benzene rings is 2. The maximum Gasteiger partial charge on any atom is 0.329 e. The van der Waals surface area contributed by atoms with Gasteiger partial charge in [-0.3, -0.25) is 9.59 Å². The first kappa shape index (κ1) is 23.7. The SMILES string of the molecule is N#Cc1c(NC(=O)C(=O)N/N=C/c2ccccc2OCc2ccc(Br)cc2)sc2c1CCCC2. The minimum absolute atomic E-state index is 0.374. The van der Waals surface area contributed by atoms with Crippen LogP contribution in [-0.4, -0.2) is 18.0 Å². The van der Waals surface area contributed by atoms with Crippen LogP contribution in [0, 0.1) is 11.3 Å². The molecular formula is C25H21BrN4O3S. The molecule has 0 saturated heterocycles. The summed E-state index contributed by atoms with van der Waals surface area (Å²) in [5.74, 6) is -1.19. The number of nitrogens with zero attached hydrogens (tertiary/aromatic N) is 2. The summed E-state index contributed by atoms with van der Waals surface area (Å²) in [6.07, 6.45) is 5.23. The molecule has 1 aliphatic carbocycles. The molecule has 0 bridgehead atoms. The van der Waals surface area contributed by atoms with Crippen molar-refractivity contribution in [2.75, 3.05) is 5.32 Å². The number of hydrogen-bond donors (Lipinski definition) is 2. The number of rotatable bonds is 6. The highest BCUT2D eigenvalue weighted by molar-refractivity contribution is 9.10. The van der Waals surface area contributed by atoms with E-state index in [0.29, 0.717) is 28.5 Å². The van der Waals surface area contributed by atoms with Crippen molar-refractivity contribution < 1.29 is 14.3 Å². The second-order valence-electron chi connectivity index (χ2n) is 7.63. The number of ether oxygens (including phenoxy) is 1. The zero-order chi connectivity index (χ0) is 23.9. The summed E-state index contributed by atoms with van der Waals surface area (Å²) in [4.78, 5) is 25.7. The number of nitrogens with one attached hydrogen (secondary N) is 2. The molecule has 172 valence electrons. The molecule has 0 unspecified atom stereocenters. The predicted octanol–water partition coefficient (Wildman–Crippen LogP) is 4.93. The van der Waals surface area contributed by atoms with Gasteiger partial charge in [-0.25, -0.2) is 5.43 Å². The molecule has 0 atom stereocenters. The Labute approximate surface area is 209 Å². The van der Waals surface area contributed by atoms with Gasteiger partial charge >= 0.3 is 11.8 Å². The zero-order valence-electron chi connectivity index (χ0n) is 18.1. The number of thiophene rings is 1. The topological polar surface area (TPSA) is 104 Å². The van der Waals surface area contributed by atoms with Crippen LogP contribution in [0.4, 0.5) is 5.00 Å². The molecule has 2 aromatic carbocycles. The number of carbonyl (C=O) groups excluding carboxylic acids is 2. The summed E-state index contributed by atoms with van der Waals surface area (Å²) in [5, 5.41) is 16.4. The second kappa shape index (κ2) is 11.1. The third kappa shape index (κ3) is 5.71. The molecule has 1 aromatic heterocycles. The van der Waals surface area contributed by atoms with E-state index in [0.717, 1.165) is 46.2 Å². The first-order valence-electron chi connectivity index (χ1n) is 10.7. The Hall–Kier alpha value is -3.48. The number of amides is 2. The minimum atomic E-state index is -0.917. The molecule has 0 fully saturated rings. The van der Waals surface area contributed by atoms with Crippen molar-refractivity contribution in [2.45, 2.75) is 32.3 Å². The summed E-state index contributed by atoms with van der Waals surface area (Å²) in [6, 6.07) is 17.2. The molecule has 1 aliphatic rings. The third-order valence-corrected chi connectivity index (χ3v) is 7.05. The van der Waals surface area contributed by atoms with Crippen LogP contribution in [0.2, 0.25) is 0 Å². The van der Waals surface area contributed by atoms with Gasteiger partial charge in [-0.05, 0) is 61.1 Å². The number of halogens is 1. The number of carbonyl (C=O) groups is 2. The van der Waals surface area contributed by atoms with E-state index in [1.807, 2.05) is 36.4 Å². The lowest BCUT2D eigenvalue weighted by Crippen LogP contribution is -2.32. The molecule has 0 radical (unpaired) electrons. The number of nitriles is 1. The van der Waals surface area contributed by atoms with Crippen LogP contribution in [0.3, 0.4) is 0 Å². The standard InChI is InChI=1S/C25H21BrN4O3S/c26-18-11-9-16(10-12-18)15-33-21-7-3-1-5-17(21)14-28-30-24(32)23(31)29-25-20(13-27)19-6-2-4-8-22(19)34-25/h1,3,5,7,9-12,14H,2,4,6,8,15H2,(H,29,31)(H,30,32)/b28-14+. The van der Waals surface area contributed by atoms with Crippen LogP contribution in [0.5, 0.6) is 5.75 Å². The van der Waals surface area contributed by atoms with Gasteiger partial charge in [-0.15, -0.1) is 11.3 Å². The lowest BCUT2D eigenvalue weighted by molar-refractivity contribution is -0.136. The van der Waals surface area contributed by atoms with E-state index in [1.165, 1.54) is 17.6 Å². The lowest BCUT2D eigenvalue weighted by Gasteiger charge is -2.09. The van der Waals surface area contributed by atoms with Crippen molar-refractivity contribution >= 4 is 50.3 Å². The number of fused-ring (bicyclic) bond motifs is 1. The van der Waals surface area contributed by atoms with Gasteiger partial charge in [0.1, 0.15) is 23.4 Å². The van der Waals surface area contributed by atoms with Crippen molar-refractivity contribution in [1.82, 2.24) is 5.43 Å². The largest absolute Gasteiger partial charge is 0.488 e. The van der Waals surface area contributed by atoms with Gasteiger partial charge in [0, 0.05) is 14.9 Å². The number of para-hydroxylation sites is 1. The third-order valence-electron chi connectivity index (χ3n) is 5.31. The quantitative estimate of drug-likeness (QED) is 0.264. The monoisotopic (exact) mass is 536 g/mol. The molecule has 1 heterocycles. The Morgan fingerprint density at radius 1 is 1.12 bits per heavy atom. The van der Waals surface area contributed by atoms with Crippen LogP contribution < -0.4 is 15.5 Å². The highest BCUT2D eigenvalue weighted by Gasteiger charge is 2.23. The Morgan fingerprint density at radius 2 is 1.88 bits per heavy atom. The molecule has 0 spiro atoms. The van der Waals surface area contributed by atoms with Crippen LogP contribution in [0.15, 0.2) is 58.1 Å². The van der Waals surface area contributed by atoms with Gasteiger partial charge < -0.3 is 10.1 Å². The Kier molecular flexibility index (Phi) is 7.72. The normalized spacial score (nSPS) is 12.6. The first-order valence-corrected chi connectivity index (χ1v) is 12.3. The molecule has 9 heteroatoms. The van der Waals surface area contributed by atoms with Gasteiger partial charge in [0.25, 0.3) is 0 Å². The van der Waals surface area contributed by atoms with Gasteiger partial charge in [0.2, 0.25) is 0 Å². The number of hydrazone groups is 1. The molecule has 0 saturated carbocycles. The highest BCUT2D eigenvalue weighted by atomic mass is 79.9. The van der Waals surface area contributed by atoms with Gasteiger partial charge in [0.15, 0.2) is 0 Å². The summed E-state index contributed by atoms with van der Waals surface area (Å²) in [6.45, 7) is 0.374.